The number of phenols is 1. The lowest BCUT2D eigenvalue weighted by Crippen LogP contribution is -2.57. The van der Waals surface area contributed by atoms with E-state index in [1.54, 1.807) is 44.3 Å². The van der Waals surface area contributed by atoms with E-state index in [9.17, 15) is 29.4 Å². The number of phenolic OH excluding ortho intramolecular Hbond substituents is 1. The van der Waals surface area contributed by atoms with Gasteiger partial charge in [-0.25, -0.2) is 4.90 Å². The van der Waals surface area contributed by atoms with Crippen molar-refractivity contribution in [3.63, 3.8) is 0 Å². The summed E-state index contributed by atoms with van der Waals surface area (Å²) in [5, 5.41) is 25.3. The van der Waals surface area contributed by atoms with Gasteiger partial charge in [0.1, 0.15) is 11.3 Å². The van der Waals surface area contributed by atoms with Gasteiger partial charge in [-0.15, -0.1) is 0 Å². The second kappa shape index (κ2) is 9.42. The molecule has 0 saturated carbocycles. The van der Waals surface area contributed by atoms with Crippen LogP contribution in [0.4, 0.5) is 5.69 Å². The summed E-state index contributed by atoms with van der Waals surface area (Å²) in [7, 11) is 0. The Labute approximate surface area is 235 Å². The Morgan fingerprint density at radius 1 is 0.976 bits per heavy atom. The van der Waals surface area contributed by atoms with Crippen LogP contribution in [0.15, 0.2) is 66.9 Å². The Bertz CT molecular complexity index is 1730. The Morgan fingerprint density at radius 2 is 1.63 bits per heavy atom. The third kappa shape index (κ3) is 3.95. The SMILES string of the molecule is CC(=O)c1ccc(N2C(=O)C3C(c4cc(C)c(O)c(C)c4)NC(Cc4c[nH]c5ccccc45)(C(=O)O)C3C2=O)cc1. The average molecular weight is 552 g/mol. The van der Waals surface area contributed by atoms with Crippen molar-refractivity contribution < 1.29 is 29.4 Å². The molecule has 0 radical (unpaired) electrons. The van der Waals surface area contributed by atoms with E-state index in [0.717, 1.165) is 15.8 Å². The maximum absolute atomic E-state index is 14.2. The van der Waals surface area contributed by atoms with Crippen LogP contribution in [0.25, 0.3) is 10.9 Å². The number of carboxylic acids is 1. The number of aromatic amines is 1. The van der Waals surface area contributed by atoms with E-state index < -0.39 is 41.2 Å². The van der Waals surface area contributed by atoms with Crippen LogP contribution in [-0.4, -0.2) is 44.3 Å². The predicted molar refractivity (Wildman–Crippen MR) is 152 cm³/mol. The van der Waals surface area contributed by atoms with Crippen LogP contribution < -0.4 is 10.2 Å². The number of carbonyl (C=O) groups is 4. The van der Waals surface area contributed by atoms with Gasteiger partial charge in [0, 0.05) is 35.1 Å². The summed E-state index contributed by atoms with van der Waals surface area (Å²) in [6, 6.07) is 16.3. The van der Waals surface area contributed by atoms with Crippen LogP contribution in [0.1, 0.15) is 45.6 Å². The van der Waals surface area contributed by atoms with E-state index in [2.05, 4.69) is 10.3 Å². The molecule has 41 heavy (non-hydrogen) atoms. The maximum Gasteiger partial charge on any atom is 0.325 e. The van der Waals surface area contributed by atoms with Gasteiger partial charge < -0.3 is 15.2 Å². The lowest BCUT2D eigenvalue weighted by atomic mass is 9.76. The van der Waals surface area contributed by atoms with Gasteiger partial charge in [-0.05, 0) is 73.4 Å². The molecule has 4 atom stereocenters. The number of carbonyl (C=O) groups excluding carboxylic acids is 3. The number of anilines is 1. The number of aryl methyl sites for hydroxylation is 2. The summed E-state index contributed by atoms with van der Waals surface area (Å²) in [4.78, 5) is 57.6. The van der Waals surface area contributed by atoms with Crippen LogP contribution >= 0.6 is 0 Å². The van der Waals surface area contributed by atoms with E-state index in [1.165, 1.54) is 19.1 Å². The van der Waals surface area contributed by atoms with Gasteiger partial charge in [0.2, 0.25) is 11.8 Å². The first kappa shape index (κ1) is 26.5. The lowest BCUT2D eigenvalue weighted by Gasteiger charge is -2.31. The molecule has 0 spiro atoms. The van der Waals surface area contributed by atoms with Crippen molar-refractivity contribution in [2.24, 2.45) is 11.8 Å². The number of aromatic nitrogens is 1. The number of aliphatic carboxylic acids is 1. The molecule has 4 unspecified atom stereocenters. The van der Waals surface area contributed by atoms with Crippen molar-refractivity contribution in [2.45, 2.75) is 38.8 Å². The predicted octanol–water partition coefficient (Wildman–Crippen LogP) is 4.21. The molecular weight excluding hydrogens is 522 g/mol. The molecule has 9 nitrogen and oxygen atoms in total. The number of H-pyrrole nitrogens is 1. The summed E-state index contributed by atoms with van der Waals surface area (Å²) in [5.41, 5.74) is 2.22. The molecule has 2 saturated heterocycles. The molecule has 6 rings (SSSR count). The van der Waals surface area contributed by atoms with Crippen LogP contribution in [0.5, 0.6) is 5.75 Å². The van der Waals surface area contributed by atoms with Crippen molar-refractivity contribution >= 4 is 40.2 Å². The molecule has 9 heteroatoms. The molecule has 2 aliphatic heterocycles. The largest absolute Gasteiger partial charge is 0.507 e. The zero-order valence-corrected chi connectivity index (χ0v) is 22.8. The highest BCUT2D eigenvalue weighted by molar-refractivity contribution is 6.24. The molecule has 4 N–H and O–H groups in total. The van der Waals surface area contributed by atoms with Crippen LogP contribution in [0.3, 0.4) is 0 Å². The number of nitrogens with one attached hydrogen (secondary N) is 2. The molecule has 3 aromatic carbocycles. The number of rotatable bonds is 6. The van der Waals surface area contributed by atoms with Gasteiger partial charge in [0.05, 0.1) is 17.5 Å². The monoisotopic (exact) mass is 551 g/mol. The average Bonchev–Trinajstić information content (AvgIpc) is 3.59. The zero-order chi connectivity index (χ0) is 29.2. The number of nitrogens with zero attached hydrogens (tertiary/aromatic N) is 1. The van der Waals surface area contributed by atoms with E-state index >= 15 is 0 Å². The number of aromatic hydroxyl groups is 1. The van der Waals surface area contributed by atoms with Gasteiger partial charge in [-0.1, -0.05) is 30.3 Å². The number of hydrogen-bond donors (Lipinski definition) is 4. The third-order valence-corrected chi connectivity index (χ3v) is 8.58. The number of carboxylic acid groups (broad SMARTS) is 1. The quantitative estimate of drug-likeness (QED) is 0.208. The first-order valence-electron chi connectivity index (χ1n) is 13.4. The van der Waals surface area contributed by atoms with Gasteiger partial charge >= 0.3 is 5.97 Å². The summed E-state index contributed by atoms with van der Waals surface area (Å²) in [5.74, 6) is -4.63. The molecule has 2 fully saturated rings. The Morgan fingerprint density at radius 3 is 2.27 bits per heavy atom. The number of ketones is 1. The van der Waals surface area contributed by atoms with E-state index in [0.29, 0.717) is 27.8 Å². The van der Waals surface area contributed by atoms with E-state index in [1.807, 2.05) is 24.3 Å². The highest BCUT2D eigenvalue weighted by atomic mass is 16.4. The molecule has 2 amide bonds. The second-order valence-electron chi connectivity index (χ2n) is 11.1. The Kier molecular flexibility index (Phi) is 6.08. The fourth-order valence-corrected chi connectivity index (χ4v) is 6.57. The van der Waals surface area contributed by atoms with Crippen LogP contribution in [0.2, 0.25) is 0 Å². The summed E-state index contributed by atoms with van der Waals surface area (Å²) < 4.78 is 0. The number of para-hydroxylation sites is 1. The van der Waals surface area contributed by atoms with Crippen molar-refractivity contribution in [3.05, 3.63) is 94.7 Å². The molecule has 208 valence electrons. The topological polar surface area (TPSA) is 140 Å². The van der Waals surface area contributed by atoms with Crippen molar-refractivity contribution in [2.75, 3.05) is 4.90 Å². The standard InChI is InChI=1S/C32H29N3O6/c1-16-12-20(13-17(2)28(16)37)27-25-26(30(39)35(29(25)38)22-10-8-19(9-11-22)18(3)36)32(34-27,31(40)41)14-21-15-33-24-7-5-4-6-23(21)24/h4-13,15,25-27,33-34,37H,14H2,1-3H3,(H,40,41). The van der Waals surface area contributed by atoms with Gasteiger partial charge in [-0.3, -0.25) is 24.5 Å². The molecular formula is C32H29N3O6. The number of amides is 2. The highest BCUT2D eigenvalue weighted by Gasteiger charge is 2.68. The fraction of sp³-hybridized carbons (Fsp3) is 0.250. The molecule has 1 aromatic heterocycles. The Hall–Kier alpha value is -4.76. The van der Waals surface area contributed by atoms with Gasteiger partial charge in [-0.2, -0.15) is 0 Å². The second-order valence-corrected chi connectivity index (χ2v) is 11.1. The van der Waals surface area contributed by atoms with E-state index in [4.69, 9.17) is 0 Å². The van der Waals surface area contributed by atoms with Crippen LogP contribution in [0, 0.1) is 25.7 Å². The first-order chi connectivity index (χ1) is 19.5. The number of imide groups is 1. The molecule has 3 heterocycles. The van der Waals surface area contributed by atoms with Crippen molar-refractivity contribution in [3.8, 4) is 5.75 Å². The highest BCUT2D eigenvalue weighted by Crippen LogP contribution is 2.51. The molecule has 4 aromatic rings. The van der Waals surface area contributed by atoms with Crippen molar-refractivity contribution in [1.82, 2.24) is 10.3 Å². The van der Waals surface area contributed by atoms with Crippen molar-refractivity contribution in [1.29, 1.82) is 0 Å². The minimum absolute atomic E-state index is 0.0454. The fourth-order valence-electron chi connectivity index (χ4n) is 6.57. The summed E-state index contributed by atoms with van der Waals surface area (Å²) in [6.45, 7) is 4.90. The van der Waals surface area contributed by atoms with E-state index in [-0.39, 0.29) is 23.6 Å². The number of fused-ring (bicyclic) bond motifs is 2. The first-order valence-corrected chi connectivity index (χ1v) is 13.4. The minimum atomic E-state index is -1.80. The Balaban J connectivity index is 1.51. The van der Waals surface area contributed by atoms with Gasteiger partial charge in [0.25, 0.3) is 0 Å². The molecule has 0 aliphatic carbocycles. The number of benzene rings is 3. The normalized spacial score (nSPS) is 23.8. The summed E-state index contributed by atoms with van der Waals surface area (Å²) >= 11 is 0. The third-order valence-electron chi connectivity index (χ3n) is 8.58. The molecule has 2 aliphatic rings. The molecule has 0 bridgehead atoms. The number of hydrogen-bond acceptors (Lipinski definition) is 6. The van der Waals surface area contributed by atoms with Crippen LogP contribution in [-0.2, 0) is 20.8 Å². The smallest absolute Gasteiger partial charge is 0.325 e. The summed E-state index contributed by atoms with van der Waals surface area (Å²) in [6.07, 6.45) is 1.70. The lowest BCUT2D eigenvalue weighted by molar-refractivity contribution is -0.148. The zero-order valence-electron chi connectivity index (χ0n) is 22.8. The number of Topliss-reactive ketones (excluding diaryl/α,β-unsaturated/α-hetero) is 1. The van der Waals surface area contributed by atoms with Gasteiger partial charge in [0.15, 0.2) is 5.78 Å². The minimum Gasteiger partial charge on any atom is -0.507 e. The maximum atomic E-state index is 14.2.